The van der Waals surface area contributed by atoms with Crippen LogP contribution < -0.4 is 5.73 Å². The first-order valence-electron chi connectivity index (χ1n) is 3.81. The summed E-state index contributed by atoms with van der Waals surface area (Å²) in [6.07, 6.45) is 6.36. The Hall–Kier alpha value is -0.600. The van der Waals surface area contributed by atoms with Crippen LogP contribution in [0.3, 0.4) is 0 Å². The van der Waals surface area contributed by atoms with E-state index in [9.17, 15) is 0 Å². The van der Waals surface area contributed by atoms with E-state index >= 15 is 0 Å². The molecule has 0 amide bonds. The number of hydrogen-bond donors (Lipinski definition) is 1. The molecule has 2 N–H and O–H groups in total. The second kappa shape index (κ2) is 5.10. The molecule has 0 saturated carbocycles. The van der Waals surface area contributed by atoms with E-state index in [1.54, 1.807) is 11.3 Å². The summed E-state index contributed by atoms with van der Waals surface area (Å²) in [5, 5.41) is 2.10. The normalized spacial score (nSPS) is 11.0. The van der Waals surface area contributed by atoms with Crippen LogP contribution in [0.25, 0.3) is 0 Å². The van der Waals surface area contributed by atoms with Crippen LogP contribution in [0.15, 0.2) is 29.7 Å². The molecule has 0 aromatic carbocycles. The van der Waals surface area contributed by atoms with Gasteiger partial charge in [0.1, 0.15) is 0 Å². The Morgan fingerprint density at radius 2 is 2.36 bits per heavy atom. The van der Waals surface area contributed by atoms with Gasteiger partial charge >= 0.3 is 0 Å². The van der Waals surface area contributed by atoms with Gasteiger partial charge in [-0.25, -0.2) is 0 Å². The van der Waals surface area contributed by atoms with Gasteiger partial charge in [-0.2, -0.15) is 0 Å². The van der Waals surface area contributed by atoms with Crippen LogP contribution in [-0.2, 0) is 6.42 Å². The quantitative estimate of drug-likeness (QED) is 0.683. The highest BCUT2D eigenvalue weighted by molar-refractivity contribution is 7.09. The lowest BCUT2D eigenvalue weighted by molar-refractivity contribution is 1.00. The van der Waals surface area contributed by atoms with Crippen LogP contribution in [0, 0.1) is 0 Å². The molecule has 1 aromatic heterocycles. The first-order valence-corrected chi connectivity index (χ1v) is 4.69. The lowest BCUT2D eigenvalue weighted by Crippen LogP contribution is -1.95. The van der Waals surface area contributed by atoms with Crippen molar-refractivity contribution in [1.82, 2.24) is 0 Å². The van der Waals surface area contributed by atoms with Crippen LogP contribution >= 0.6 is 11.3 Å². The van der Waals surface area contributed by atoms with Gasteiger partial charge in [-0.05, 0) is 30.8 Å². The standard InChI is InChI=1S/C9H13NS/c10-7-3-1-2-5-9-6-4-8-11-9/h1-2,4,6,8H,3,5,7,10H2/b2-1+. The zero-order valence-electron chi connectivity index (χ0n) is 6.49. The molecule has 1 heterocycles. The van der Waals surface area contributed by atoms with Gasteiger partial charge in [0.05, 0.1) is 0 Å². The van der Waals surface area contributed by atoms with Crippen molar-refractivity contribution in [1.29, 1.82) is 0 Å². The number of allylic oxidation sites excluding steroid dienone is 1. The summed E-state index contributed by atoms with van der Waals surface area (Å²) in [7, 11) is 0. The predicted molar refractivity (Wildman–Crippen MR) is 50.8 cm³/mol. The van der Waals surface area contributed by atoms with Gasteiger partial charge < -0.3 is 5.73 Å². The third-order valence-electron chi connectivity index (χ3n) is 1.40. The van der Waals surface area contributed by atoms with E-state index in [2.05, 4.69) is 29.7 Å². The smallest absolute Gasteiger partial charge is 0.00828 e. The Balaban J connectivity index is 2.23. The van der Waals surface area contributed by atoms with Crippen molar-refractivity contribution in [2.75, 3.05) is 6.54 Å². The van der Waals surface area contributed by atoms with E-state index in [1.165, 1.54) is 4.88 Å². The second-order valence-corrected chi connectivity index (χ2v) is 3.36. The highest BCUT2D eigenvalue weighted by atomic mass is 32.1. The van der Waals surface area contributed by atoms with E-state index in [1.807, 2.05) is 0 Å². The van der Waals surface area contributed by atoms with Crippen molar-refractivity contribution in [3.8, 4) is 0 Å². The molecule has 1 nitrogen and oxygen atoms in total. The Kier molecular flexibility index (Phi) is 3.94. The Labute approximate surface area is 71.5 Å². The number of nitrogens with two attached hydrogens (primary N) is 1. The maximum Gasteiger partial charge on any atom is 0.00828 e. The third kappa shape index (κ3) is 3.35. The van der Waals surface area contributed by atoms with Gasteiger partial charge in [-0.1, -0.05) is 18.2 Å². The SMILES string of the molecule is NCC/C=C/Cc1cccs1. The van der Waals surface area contributed by atoms with Crippen molar-refractivity contribution in [3.05, 3.63) is 34.5 Å². The summed E-state index contributed by atoms with van der Waals surface area (Å²) in [6.45, 7) is 0.751. The maximum absolute atomic E-state index is 5.34. The third-order valence-corrected chi connectivity index (χ3v) is 2.30. The summed E-state index contributed by atoms with van der Waals surface area (Å²) in [4.78, 5) is 1.42. The zero-order valence-corrected chi connectivity index (χ0v) is 7.31. The average molecular weight is 167 g/mol. The summed E-state index contributed by atoms with van der Waals surface area (Å²) in [5.41, 5.74) is 5.34. The molecule has 0 aliphatic carbocycles. The molecule has 0 fully saturated rings. The van der Waals surface area contributed by atoms with Crippen LogP contribution in [-0.4, -0.2) is 6.54 Å². The molecule has 2 heteroatoms. The van der Waals surface area contributed by atoms with Crippen LogP contribution in [0.1, 0.15) is 11.3 Å². The van der Waals surface area contributed by atoms with Crippen LogP contribution in [0.5, 0.6) is 0 Å². The highest BCUT2D eigenvalue weighted by Gasteiger charge is 1.86. The topological polar surface area (TPSA) is 26.0 Å². The second-order valence-electron chi connectivity index (χ2n) is 2.33. The number of rotatable bonds is 4. The van der Waals surface area contributed by atoms with Gasteiger partial charge in [0, 0.05) is 4.88 Å². The minimum absolute atomic E-state index is 0.751. The summed E-state index contributed by atoms with van der Waals surface area (Å²) in [6, 6.07) is 4.23. The molecule has 0 bridgehead atoms. The molecule has 60 valence electrons. The minimum atomic E-state index is 0.751. The van der Waals surface area contributed by atoms with E-state index in [0.717, 1.165) is 19.4 Å². The van der Waals surface area contributed by atoms with E-state index in [4.69, 9.17) is 5.73 Å². The first kappa shape index (κ1) is 8.50. The lowest BCUT2D eigenvalue weighted by Gasteiger charge is -1.87. The van der Waals surface area contributed by atoms with Crippen molar-refractivity contribution in [2.24, 2.45) is 5.73 Å². The molecular weight excluding hydrogens is 154 g/mol. The van der Waals surface area contributed by atoms with Gasteiger partial charge in [0.2, 0.25) is 0 Å². The summed E-state index contributed by atoms with van der Waals surface area (Å²) >= 11 is 1.80. The Morgan fingerprint density at radius 1 is 1.45 bits per heavy atom. The molecule has 0 saturated heterocycles. The average Bonchev–Trinajstić information content (AvgIpc) is 2.50. The van der Waals surface area contributed by atoms with E-state index in [-0.39, 0.29) is 0 Å². The molecule has 0 aliphatic heterocycles. The molecule has 0 radical (unpaired) electrons. The first-order chi connectivity index (χ1) is 5.43. The molecule has 1 rings (SSSR count). The van der Waals surface area contributed by atoms with Crippen LogP contribution in [0.4, 0.5) is 0 Å². The maximum atomic E-state index is 5.34. The number of thiophene rings is 1. The molecule has 0 atom stereocenters. The monoisotopic (exact) mass is 167 g/mol. The van der Waals surface area contributed by atoms with Crippen molar-refractivity contribution < 1.29 is 0 Å². The van der Waals surface area contributed by atoms with Crippen molar-refractivity contribution >= 4 is 11.3 Å². The fourth-order valence-electron chi connectivity index (χ4n) is 0.842. The molecule has 0 unspecified atom stereocenters. The molecule has 0 spiro atoms. The van der Waals surface area contributed by atoms with E-state index in [0.29, 0.717) is 0 Å². The number of hydrogen-bond acceptors (Lipinski definition) is 2. The Bertz CT molecular complexity index is 201. The van der Waals surface area contributed by atoms with Gasteiger partial charge in [-0.3, -0.25) is 0 Å². The minimum Gasteiger partial charge on any atom is -0.330 e. The molecule has 11 heavy (non-hydrogen) atoms. The van der Waals surface area contributed by atoms with Gasteiger partial charge in [0.15, 0.2) is 0 Å². The predicted octanol–water partition coefficient (Wildman–Crippen LogP) is 2.20. The largest absolute Gasteiger partial charge is 0.330 e. The molecular formula is C9H13NS. The fourth-order valence-corrected chi connectivity index (χ4v) is 1.52. The van der Waals surface area contributed by atoms with Crippen LogP contribution in [0.2, 0.25) is 0 Å². The lowest BCUT2D eigenvalue weighted by atomic mass is 10.3. The van der Waals surface area contributed by atoms with E-state index < -0.39 is 0 Å². The fraction of sp³-hybridized carbons (Fsp3) is 0.333. The molecule has 1 aromatic rings. The molecule has 0 aliphatic rings. The Morgan fingerprint density at radius 3 is 3.00 bits per heavy atom. The summed E-state index contributed by atoms with van der Waals surface area (Å²) < 4.78 is 0. The van der Waals surface area contributed by atoms with Gasteiger partial charge in [0.25, 0.3) is 0 Å². The highest BCUT2D eigenvalue weighted by Crippen LogP contribution is 2.09. The van der Waals surface area contributed by atoms with Crippen molar-refractivity contribution in [3.63, 3.8) is 0 Å². The zero-order chi connectivity index (χ0) is 7.94. The summed E-state index contributed by atoms with van der Waals surface area (Å²) in [5.74, 6) is 0. The van der Waals surface area contributed by atoms with Crippen molar-refractivity contribution in [2.45, 2.75) is 12.8 Å². The van der Waals surface area contributed by atoms with Gasteiger partial charge in [-0.15, -0.1) is 11.3 Å².